The number of aromatic nitrogens is 2. The van der Waals surface area contributed by atoms with Gasteiger partial charge in [0.1, 0.15) is 0 Å². The van der Waals surface area contributed by atoms with Crippen molar-refractivity contribution in [3.05, 3.63) is 47.3 Å². The smallest absolute Gasteiger partial charge is 0.254 e. The van der Waals surface area contributed by atoms with Crippen molar-refractivity contribution in [2.24, 2.45) is 5.92 Å². The van der Waals surface area contributed by atoms with Gasteiger partial charge in [-0.15, -0.1) is 0 Å². The second-order valence-corrected chi connectivity index (χ2v) is 7.57. The number of hydrogen-bond donors (Lipinski definition) is 1. The van der Waals surface area contributed by atoms with Crippen molar-refractivity contribution in [2.45, 2.75) is 32.4 Å². The molecular weight excluding hydrogens is 347 g/mol. The number of carbonyl (C=O) groups excluding carboxylic acids is 1. The molecular formula is C20H25FN4O2. The van der Waals surface area contributed by atoms with Gasteiger partial charge in [-0.2, -0.15) is 0 Å². The van der Waals surface area contributed by atoms with Gasteiger partial charge >= 0.3 is 0 Å². The lowest BCUT2D eigenvalue weighted by Gasteiger charge is -2.36. The van der Waals surface area contributed by atoms with Gasteiger partial charge in [0.2, 0.25) is 0 Å². The molecule has 0 unspecified atom stereocenters. The number of halogens is 1. The fraction of sp³-hybridized carbons (Fsp3) is 0.500. The van der Waals surface area contributed by atoms with Gasteiger partial charge in [0.05, 0.1) is 19.1 Å². The van der Waals surface area contributed by atoms with Crippen molar-refractivity contribution in [1.82, 2.24) is 19.8 Å². The number of H-pyrrole nitrogens is 1. The first-order chi connectivity index (χ1) is 13.0. The van der Waals surface area contributed by atoms with E-state index in [1.54, 1.807) is 12.4 Å². The van der Waals surface area contributed by atoms with Gasteiger partial charge in [-0.3, -0.25) is 9.69 Å². The number of ether oxygens (including phenoxy) is 1. The topological polar surface area (TPSA) is 61.5 Å². The molecule has 0 aliphatic carbocycles. The number of methoxy groups -OCH3 is 1. The largest absolute Gasteiger partial charge is 0.494 e. The van der Waals surface area contributed by atoms with Crippen molar-refractivity contribution in [1.29, 1.82) is 0 Å². The van der Waals surface area contributed by atoms with Crippen LogP contribution in [0.5, 0.6) is 5.75 Å². The van der Waals surface area contributed by atoms with E-state index in [-0.39, 0.29) is 17.7 Å². The summed E-state index contributed by atoms with van der Waals surface area (Å²) < 4.78 is 19.0. The van der Waals surface area contributed by atoms with Crippen LogP contribution in [-0.4, -0.2) is 58.5 Å². The average molecular weight is 372 g/mol. The SMILES string of the molecule is COc1ccc(C(=O)N2C[C@@H]3CC[C@H]2CN(Cc2nc[nH]c2C)C3)cc1F. The highest BCUT2D eigenvalue weighted by Crippen LogP contribution is 2.30. The number of aromatic amines is 1. The van der Waals surface area contributed by atoms with Crippen LogP contribution in [0.25, 0.3) is 0 Å². The maximum Gasteiger partial charge on any atom is 0.254 e. The molecule has 1 N–H and O–H groups in total. The lowest BCUT2D eigenvalue weighted by Crippen LogP contribution is -2.47. The lowest BCUT2D eigenvalue weighted by atomic mass is 9.94. The molecule has 2 bridgehead atoms. The Hall–Kier alpha value is -2.41. The van der Waals surface area contributed by atoms with Gasteiger partial charge in [-0.1, -0.05) is 0 Å². The Morgan fingerprint density at radius 1 is 1.33 bits per heavy atom. The molecule has 144 valence electrons. The fourth-order valence-electron chi connectivity index (χ4n) is 4.28. The van der Waals surface area contributed by atoms with Crippen LogP contribution < -0.4 is 4.74 Å². The van der Waals surface area contributed by atoms with Crippen LogP contribution in [0.1, 0.15) is 34.6 Å². The molecule has 3 saturated heterocycles. The van der Waals surface area contributed by atoms with Crippen LogP contribution >= 0.6 is 0 Å². The van der Waals surface area contributed by atoms with Crippen molar-refractivity contribution in [3.8, 4) is 5.75 Å². The van der Waals surface area contributed by atoms with Crippen molar-refractivity contribution in [3.63, 3.8) is 0 Å². The van der Waals surface area contributed by atoms with Crippen LogP contribution in [0.4, 0.5) is 4.39 Å². The molecule has 7 heteroatoms. The van der Waals surface area contributed by atoms with E-state index in [0.717, 1.165) is 50.4 Å². The highest BCUT2D eigenvalue weighted by molar-refractivity contribution is 5.94. The first-order valence-corrected chi connectivity index (χ1v) is 9.41. The number of amides is 1. The van der Waals surface area contributed by atoms with Crippen LogP contribution in [0.3, 0.4) is 0 Å². The standard InChI is InChI=1S/C20H25FN4O2/c1-13-18(23-12-22-13)11-24-8-14-3-5-16(10-24)25(9-14)20(26)15-4-6-19(27-2)17(21)7-15/h4,6-7,12,14,16H,3,5,8-11H2,1-2H3,(H,22,23)/t14-,16+/m1/s1. The Bertz CT molecular complexity index is 837. The molecule has 6 nitrogen and oxygen atoms in total. The van der Waals surface area contributed by atoms with Gasteiger partial charge < -0.3 is 14.6 Å². The highest BCUT2D eigenvalue weighted by atomic mass is 19.1. The molecule has 0 radical (unpaired) electrons. The zero-order valence-corrected chi connectivity index (χ0v) is 15.7. The maximum absolute atomic E-state index is 14.0. The van der Waals surface area contributed by atoms with Gasteiger partial charge in [0.25, 0.3) is 5.91 Å². The van der Waals surface area contributed by atoms with Crippen molar-refractivity contribution < 1.29 is 13.9 Å². The molecule has 1 aromatic carbocycles. The molecule has 4 heterocycles. The Balaban J connectivity index is 1.51. The minimum atomic E-state index is -0.501. The number of carbonyl (C=O) groups is 1. The molecule has 1 aromatic heterocycles. The molecule has 3 aliphatic heterocycles. The number of fused-ring (bicyclic) bond motifs is 4. The lowest BCUT2D eigenvalue weighted by molar-refractivity contribution is 0.0584. The van der Waals surface area contributed by atoms with E-state index in [4.69, 9.17) is 4.74 Å². The van der Waals surface area contributed by atoms with Crippen LogP contribution in [0, 0.1) is 18.7 Å². The van der Waals surface area contributed by atoms with E-state index in [1.807, 2.05) is 11.8 Å². The van der Waals surface area contributed by atoms with E-state index < -0.39 is 5.82 Å². The zero-order valence-electron chi connectivity index (χ0n) is 15.7. The van der Waals surface area contributed by atoms with E-state index >= 15 is 0 Å². The van der Waals surface area contributed by atoms with E-state index in [2.05, 4.69) is 14.9 Å². The summed E-state index contributed by atoms with van der Waals surface area (Å²) in [5, 5.41) is 0. The number of nitrogens with zero attached hydrogens (tertiary/aromatic N) is 3. The third kappa shape index (κ3) is 3.56. The number of imidazole rings is 1. The van der Waals surface area contributed by atoms with Gasteiger partial charge in [0, 0.05) is 43.5 Å². The summed E-state index contributed by atoms with van der Waals surface area (Å²) in [6, 6.07) is 4.60. The summed E-state index contributed by atoms with van der Waals surface area (Å²) in [6.07, 6.45) is 3.84. The van der Waals surface area contributed by atoms with Gasteiger partial charge in [0.15, 0.2) is 11.6 Å². The van der Waals surface area contributed by atoms with Crippen molar-refractivity contribution in [2.75, 3.05) is 26.7 Å². The second kappa shape index (κ2) is 7.31. The Morgan fingerprint density at radius 3 is 2.89 bits per heavy atom. The first kappa shape index (κ1) is 18.0. The predicted octanol–water partition coefficient (Wildman–Crippen LogP) is 2.60. The van der Waals surface area contributed by atoms with Crippen LogP contribution in [-0.2, 0) is 6.54 Å². The van der Waals surface area contributed by atoms with Gasteiger partial charge in [-0.25, -0.2) is 9.37 Å². The molecule has 2 atom stereocenters. The molecule has 5 rings (SSSR count). The minimum Gasteiger partial charge on any atom is -0.494 e. The number of benzene rings is 1. The monoisotopic (exact) mass is 372 g/mol. The maximum atomic E-state index is 14.0. The number of rotatable bonds is 4. The molecule has 1 amide bonds. The number of piperidine rings is 1. The predicted molar refractivity (Wildman–Crippen MR) is 99.1 cm³/mol. The quantitative estimate of drug-likeness (QED) is 0.896. The summed E-state index contributed by atoms with van der Waals surface area (Å²) in [5.74, 6) is 0.00236. The molecule has 0 spiro atoms. The third-order valence-corrected chi connectivity index (χ3v) is 5.76. The minimum absolute atomic E-state index is 0.0935. The molecule has 27 heavy (non-hydrogen) atoms. The third-order valence-electron chi connectivity index (χ3n) is 5.76. The first-order valence-electron chi connectivity index (χ1n) is 9.41. The highest BCUT2D eigenvalue weighted by Gasteiger charge is 2.37. The second-order valence-electron chi connectivity index (χ2n) is 7.57. The summed E-state index contributed by atoms with van der Waals surface area (Å²) >= 11 is 0. The van der Waals surface area contributed by atoms with Gasteiger partial charge in [-0.05, 0) is 43.9 Å². The Labute approximate surface area is 158 Å². The molecule has 3 fully saturated rings. The van der Waals surface area contributed by atoms with E-state index in [9.17, 15) is 9.18 Å². The summed E-state index contributed by atoms with van der Waals surface area (Å²) in [7, 11) is 1.42. The van der Waals surface area contributed by atoms with E-state index in [0.29, 0.717) is 11.5 Å². The molecule has 2 aromatic rings. The molecule has 3 aliphatic rings. The number of nitrogens with one attached hydrogen (secondary N) is 1. The Kier molecular flexibility index (Phi) is 4.86. The summed E-state index contributed by atoms with van der Waals surface area (Å²) in [5.41, 5.74) is 2.54. The Morgan fingerprint density at radius 2 is 2.19 bits per heavy atom. The average Bonchev–Trinajstić information content (AvgIpc) is 2.88. The fourth-order valence-corrected chi connectivity index (χ4v) is 4.28. The van der Waals surface area contributed by atoms with Crippen LogP contribution in [0.2, 0.25) is 0 Å². The van der Waals surface area contributed by atoms with Crippen LogP contribution in [0.15, 0.2) is 24.5 Å². The van der Waals surface area contributed by atoms with E-state index in [1.165, 1.54) is 19.2 Å². The summed E-state index contributed by atoms with van der Waals surface area (Å²) in [4.78, 5) is 24.9. The normalized spacial score (nSPS) is 22.7. The zero-order chi connectivity index (χ0) is 19.0. The number of hydrogen-bond acceptors (Lipinski definition) is 4. The molecule has 0 saturated carbocycles. The summed E-state index contributed by atoms with van der Waals surface area (Å²) in [6.45, 7) is 5.34. The number of aryl methyl sites for hydroxylation is 1. The van der Waals surface area contributed by atoms with Crippen molar-refractivity contribution >= 4 is 5.91 Å².